The van der Waals surface area contributed by atoms with Crippen LogP contribution in [-0.2, 0) is 14.8 Å². The number of aromatic nitrogens is 1. The Labute approximate surface area is 164 Å². The molecule has 6 nitrogen and oxygen atoms in total. The molecule has 1 unspecified atom stereocenters. The van der Waals surface area contributed by atoms with Crippen molar-refractivity contribution in [3.8, 4) is 17.3 Å². The average molecular weight is 395 g/mol. The van der Waals surface area contributed by atoms with Crippen molar-refractivity contribution in [2.45, 2.75) is 23.8 Å². The van der Waals surface area contributed by atoms with E-state index in [0.717, 1.165) is 11.1 Å². The van der Waals surface area contributed by atoms with Gasteiger partial charge in [-0.3, -0.25) is 0 Å². The molecule has 0 radical (unpaired) electrons. The number of aromatic amines is 1. The number of ether oxygens (including phenoxy) is 1. The quantitative estimate of drug-likeness (QED) is 0.730. The van der Waals surface area contributed by atoms with E-state index in [-0.39, 0.29) is 11.3 Å². The second-order valence-electron chi connectivity index (χ2n) is 6.40. The SMILES string of the molecule is C=C1CC=C(CC#N)C=C(OC)C1NS(=O)(=O)c1c[nH]c(-c2ccccc2)c1. The van der Waals surface area contributed by atoms with E-state index in [1.54, 1.807) is 12.1 Å². The Kier molecular flexibility index (Phi) is 5.83. The zero-order valence-electron chi connectivity index (χ0n) is 15.5. The molecule has 7 heteroatoms. The number of sulfonamides is 1. The third-order valence-corrected chi connectivity index (χ3v) is 5.89. The monoisotopic (exact) mass is 395 g/mol. The second kappa shape index (κ2) is 8.30. The molecule has 0 saturated carbocycles. The first kappa shape index (κ1) is 19.7. The lowest BCUT2D eigenvalue weighted by Gasteiger charge is -2.21. The molecular weight excluding hydrogens is 374 g/mol. The molecule has 0 spiro atoms. The summed E-state index contributed by atoms with van der Waals surface area (Å²) in [5, 5.41) is 8.93. The van der Waals surface area contributed by atoms with Gasteiger partial charge in [-0.15, -0.1) is 0 Å². The molecule has 0 saturated heterocycles. The van der Waals surface area contributed by atoms with Gasteiger partial charge in [-0.05, 0) is 35.3 Å². The highest BCUT2D eigenvalue weighted by Gasteiger charge is 2.28. The van der Waals surface area contributed by atoms with Gasteiger partial charge < -0.3 is 9.72 Å². The van der Waals surface area contributed by atoms with E-state index in [1.807, 2.05) is 36.4 Å². The summed E-state index contributed by atoms with van der Waals surface area (Å²) in [6.45, 7) is 4.00. The molecule has 1 heterocycles. The molecule has 1 aliphatic carbocycles. The van der Waals surface area contributed by atoms with E-state index >= 15 is 0 Å². The van der Waals surface area contributed by atoms with Gasteiger partial charge in [-0.1, -0.05) is 43.0 Å². The maximum absolute atomic E-state index is 12.9. The summed E-state index contributed by atoms with van der Waals surface area (Å²) in [6.07, 6.45) is 5.69. The summed E-state index contributed by atoms with van der Waals surface area (Å²) in [5.41, 5.74) is 3.02. The Hall–Kier alpha value is -3.08. The highest BCUT2D eigenvalue weighted by molar-refractivity contribution is 7.89. The van der Waals surface area contributed by atoms with Crippen LogP contribution in [0, 0.1) is 11.3 Å². The Morgan fingerprint density at radius 2 is 2.11 bits per heavy atom. The molecule has 1 aromatic carbocycles. The number of hydrogen-bond donors (Lipinski definition) is 2. The lowest BCUT2D eigenvalue weighted by atomic mass is 10.1. The molecule has 1 aromatic heterocycles. The second-order valence-corrected chi connectivity index (χ2v) is 8.11. The molecule has 3 rings (SSSR count). The van der Waals surface area contributed by atoms with Crippen LogP contribution >= 0.6 is 0 Å². The fraction of sp³-hybridized carbons (Fsp3) is 0.190. The van der Waals surface area contributed by atoms with Crippen LogP contribution in [0.2, 0.25) is 0 Å². The van der Waals surface area contributed by atoms with Gasteiger partial charge in [0, 0.05) is 11.9 Å². The van der Waals surface area contributed by atoms with Crippen molar-refractivity contribution >= 4 is 10.0 Å². The first-order chi connectivity index (χ1) is 13.4. The van der Waals surface area contributed by atoms with Crippen LogP contribution < -0.4 is 4.72 Å². The first-order valence-corrected chi connectivity index (χ1v) is 10.2. The average Bonchev–Trinajstić information content (AvgIpc) is 3.15. The summed E-state index contributed by atoms with van der Waals surface area (Å²) >= 11 is 0. The van der Waals surface area contributed by atoms with Gasteiger partial charge in [0.2, 0.25) is 10.0 Å². The van der Waals surface area contributed by atoms with E-state index in [4.69, 9.17) is 10.00 Å². The van der Waals surface area contributed by atoms with Gasteiger partial charge >= 0.3 is 0 Å². The maximum Gasteiger partial charge on any atom is 0.243 e. The van der Waals surface area contributed by atoms with Gasteiger partial charge in [0.15, 0.2) is 0 Å². The van der Waals surface area contributed by atoms with Crippen LogP contribution in [0.5, 0.6) is 0 Å². The van der Waals surface area contributed by atoms with E-state index in [1.165, 1.54) is 13.3 Å². The summed E-state index contributed by atoms with van der Waals surface area (Å²) in [4.78, 5) is 3.13. The minimum absolute atomic E-state index is 0.129. The Bertz CT molecular complexity index is 1070. The zero-order valence-corrected chi connectivity index (χ0v) is 16.3. The van der Waals surface area contributed by atoms with Crippen LogP contribution in [0.25, 0.3) is 11.3 Å². The summed E-state index contributed by atoms with van der Waals surface area (Å²) in [7, 11) is -2.35. The maximum atomic E-state index is 12.9. The van der Waals surface area contributed by atoms with Crippen molar-refractivity contribution in [3.63, 3.8) is 0 Å². The van der Waals surface area contributed by atoms with E-state index < -0.39 is 16.1 Å². The Balaban J connectivity index is 1.87. The van der Waals surface area contributed by atoms with Crippen molar-refractivity contribution in [2.24, 2.45) is 0 Å². The number of hydrogen-bond acceptors (Lipinski definition) is 4. The van der Waals surface area contributed by atoms with Gasteiger partial charge in [0.25, 0.3) is 0 Å². The zero-order chi connectivity index (χ0) is 20.1. The highest BCUT2D eigenvalue weighted by atomic mass is 32.2. The first-order valence-electron chi connectivity index (χ1n) is 8.70. The fourth-order valence-electron chi connectivity index (χ4n) is 2.98. The summed E-state index contributed by atoms with van der Waals surface area (Å²) < 4.78 is 34.0. The van der Waals surface area contributed by atoms with Gasteiger partial charge in [0.05, 0.1) is 19.6 Å². The highest BCUT2D eigenvalue weighted by Crippen LogP contribution is 2.26. The molecule has 2 aromatic rings. The lowest BCUT2D eigenvalue weighted by molar-refractivity contribution is 0.267. The van der Waals surface area contributed by atoms with Gasteiger partial charge in [-0.2, -0.15) is 9.98 Å². The number of nitriles is 1. The normalized spacial score (nSPS) is 17.3. The topological polar surface area (TPSA) is 95.0 Å². The van der Waals surface area contributed by atoms with Crippen molar-refractivity contribution in [2.75, 3.05) is 7.11 Å². The molecular formula is C21H21N3O3S. The third kappa shape index (κ3) is 4.25. The number of benzene rings is 1. The fourth-order valence-corrected chi connectivity index (χ4v) is 4.19. The lowest BCUT2D eigenvalue weighted by Crippen LogP contribution is -2.37. The molecule has 0 aliphatic heterocycles. The van der Waals surface area contributed by atoms with Crippen molar-refractivity contribution in [1.82, 2.24) is 9.71 Å². The number of rotatable bonds is 6. The number of H-pyrrole nitrogens is 1. The Morgan fingerprint density at radius 3 is 2.79 bits per heavy atom. The molecule has 2 N–H and O–H groups in total. The van der Waals surface area contributed by atoms with Crippen LogP contribution in [0.1, 0.15) is 12.8 Å². The van der Waals surface area contributed by atoms with Crippen molar-refractivity contribution in [3.05, 3.63) is 78.2 Å². The molecule has 0 amide bonds. The van der Waals surface area contributed by atoms with Crippen LogP contribution in [0.3, 0.4) is 0 Å². The molecule has 1 atom stereocenters. The van der Waals surface area contributed by atoms with Gasteiger partial charge in [0.1, 0.15) is 16.7 Å². The van der Waals surface area contributed by atoms with Crippen LogP contribution in [0.15, 0.2) is 83.1 Å². The van der Waals surface area contributed by atoms with Crippen molar-refractivity contribution < 1.29 is 13.2 Å². The minimum Gasteiger partial charge on any atom is -0.499 e. The molecule has 1 aliphatic rings. The third-order valence-electron chi connectivity index (χ3n) is 4.49. The smallest absolute Gasteiger partial charge is 0.243 e. The minimum atomic E-state index is -3.82. The summed E-state index contributed by atoms with van der Waals surface area (Å²) in [5.74, 6) is 0.409. The molecule has 28 heavy (non-hydrogen) atoms. The largest absolute Gasteiger partial charge is 0.499 e. The Morgan fingerprint density at radius 1 is 1.36 bits per heavy atom. The van der Waals surface area contributed by atoms with Crippen LogP contribution in [-0.4, -0.2) is 26.6 Å². The van der Waals surface area contributed by atoms with Gasteiger partial charge in [-0.25, -0.2) is 8.42 Å². The number of nitrogens with zero attached hydrogens (tertiary/aromatic N) is 1. The molecule has 0 bridgehead atoms. The van der Waals surface area contributed by atoms with E-state index in [9.17, 15) is 8.42 Å². The number of nitrogens with one attached hydrogen (secondary N) is 2. The van der Waals surface area contributed by atoms with E-state index in [2.05, 4.69) is 22.4 Å². The molecule has 144 valence electrons. The predicted molar refractivity (Wildman–Crippen MR) is 108 cm³/mol. The predicted octanol–water partition coefficient (Wildman–Crippen LogP) is 3.66. The van der Waals surface area contributed by atoms with E-state index in [0.29, 0.717) is 23.4 Å². The van der Waals surface area contributed by atoms with Crippen LogP contribution in [0.4, 0.5) is 0 Å². The number of methoxy groups -OCH3 is 1. The standard InChI is InChI=1S/C21H21N3O3S/c1-15-8-9-16(10-11-22)12-20(27-2)21(15)24-28(25,26)18-13-19(23-14-18)17-6-4-3-5-7-17/h3-7,9,12-14,21,23-24H,1,8,10H2,2H3. The number of allylic oxidation sites excluding steroid dienone is 3. The van der Waals surface area contributed by atoms with Crippen molar-refractivity contribution in [1.29, 1.82) is 5.26 Å². The molecule has 0 fully saturated rings. The summed E-state index contributed by atoms with van der Waals surface area (Å²) in [6, 6.07) is 12.4.